The van der Waals surface area contributed by atoms with Crippen molar-refractivity contribution in [3.8, 4) is 73.9 Å². The molecule has 0 fully saturated rings. The van der Waals surface area contributed by atoms with Crippen LogP contribution in [0.2, 0.25) is 0 Å². The molecule has 12 rings (SSSR count). The minimum absolute atomic E-state index is 0.322. The van der Waals surface area contributed by atoms with Crippen molar-refractivity contribution in [2.75, 3.05) is 0 Å². The summed E-state index contributed by atoms with van der Waals surface area (Å²) >= 11 is 0. The van der Waals surface area contributed by atoms with Crippen LogP contribution in [0, 0.1) is 0 Å². The number of para-hydroxylation sites is 2. The van der Waals surface area contributed by atoms with Crippen molar-refractivity contribution in [3.63, 3.8) is 0 Å². The van der Waals surface area contributed by atoms with Crippen LogP contribution in [-0.2, 0) is 0 Å². The van der Waals surface area contributed by atoms with Gasteiger partial charge in [0.1, 0.15) is 11.1 Å². The van der Waals surface area contributed by atoms with Gasteiger partial charge in [-0.3, -0.25) is 0 Å². The van der Waals surface area contributed by atoms with Crippen LogP contribution in [0.25, 0.3) is 118 Å². The molecule has 0 amide bonds. The summed E-state index contributed by atoms with van der Waals surface area (Å²) in [5.41, 5.74) is 12.2. The zero-order valence-electron chi connectivity index (χ0n) is 33.1. The molecule has 0 atom stereocenters. The predicted molar refractivity (Wildman–Crippen MR) is 247 cm³/mol. The Kier molecular flexibility index (Phi) is 8.31. The standard InChI is InChI=1S/C54H33N7O/c1-5-17-34(18-6-1)42-32-43(35-19-7-2-8-20-35)56-52(55-42)50-51-49(41-31-38(29-30-48(41)62-51)61-46-27-15-13-25-39(46)40-26-14-16-28-47(40)61)59-54(60-50)53-57-44(36-21-9-3-10-22-36)33-45(58-53)37-23-11-4-12-24-37/h1-33H. The summed E-state index contributed by atoms with van der Waals surface area (Å²) in [4.78, 5) is 31.3. The molecule has 62 heavy (non-hydrogen) atoms. The average molecular weight is 796 g/mol. The maximum atomic E-state index is 6.80. The molecule has 0 bridgehead atoms. The Bertz CT molecular complexity index is 3460. The molecular formula is C54H33N7O. The number of hydrogen-bond acceptors (Lipinski definition) is 7. The Balaban J connectivity index is 1.15. The normalized spacial score (nSPS) is 11.5. The quantitative estimate of drug-likeness (QED) is 0.158. The van der Waals surface area contributed by atoms with Crippen molar-refractivity contribution in [2.45, 2.75) is 0 Å². The topological polar surface area (TPSA) is 95.4 Å². The van der Waals surface area contributed by atoms with Crippen molar-refractivity contribution in [1.82, 2.24) is 34.5 Å². The van der Waals surface area contributed by atoms with Gasteiger partial charge in [-0.15, -0.1) is 0 Å². The highest BCUT2D eigenvalue weighted by Gasteiger charge is 2.24. The van der Waals surface area contributed by atoms with E-state index in [0.717, 1.165) is 67.1 Å². The molecule has 5 heterocycles. The second-order valence-corrected chi connectivity index (χ2v) is 15.1. The highest BCUT2D eigenvalue weighted by atomic mass is 16.3. The van der Waals surface area contributed by atoms with Gasteiger partial charge in [0.25, 0.3) is 0 Å². The number of nitrogens with zero attached hydrogens (tertiary/aromatic N) is 7. The van der Waals surface area contributed by atoms with Crippen LogP contribution in [0.4, 0.5) is 0 Å². The van der Waals surface area contributed by atoms with Gasteiger partial charge in [-0.2, -0.15) is 0 Å². The molecule has 7 aromatic carbocycles. The van der Waals surface area contributed by atoms with E-state index in [-0.39, 0.29) is 0 Å². The molecular weight excluding hydrogens is 763 g/mol. The Hall–Kier alpha value is -8.62. The first-order chi connectivity index (χ1) is 30.7. The molecule has 0 radical (unpaired) electrons. The monoisotopic (exact) mass is 795 g/mol. The van der Waals surface area contributed by atoms with Gasteiger partial charge in [0.05, 0.1) is 33.8 Å². The molecule has 0 aliphatic rings. The molecule has 0 unspecified atom stereocenters. The highest BCUT2D eigenvalue weighted by molar-refractivity contribution is 6.11. The van der Waals surface area contributed by atoms with Crippen LogP contribution in [0.15, 0.2) is 205 Å². The number of aromatic nitrogens is 7. The minimum atomic E-state index is 0.322. The van der Waals surface area contributed by atoms with E-state index in [1.54, 1.807) is 0 Å². The van der Waals surface area contributed by atoms with Crippen molar-refractivity contribution in [1.29, 1.82) is 0 Å². The second kappa shape index (κ2) is 14.6. The van der Waals surface area contributed by atoms with Crippen molar-refractivity contribution in [2.24, 2.45) is 0 Å². The first kappa shape index (κ1) is 35.3. The largest absolute Gasteiger partial charge is 0.452 e. The van der Waals surface area contributed by atoms with E-state index < -0.39 is 0 Å². The fraction of sp³-hybridized carbons (Fsp3) is 0. The van der Waals surface area contributed by atoms with Gasteiger partial charge in [-0.1, -0.05) is 158 Å². The van der Waals surface area contributed by atoms with Gasteiger partial charge in [0, 0.05) is 44.1 Å². The summed E-state index contributed by atoms with van der Waals surface area (Å²) in [6.45, 7) is 0. The Labute approximate surface area is 355 Å². The lowest BCUT2D eigenvalue weighted by Crippen LogP contribution is -2.03. The molecule has 12 aromatic rings. The summed E-state index contributed by atoms with van der Waals surface area (Å²) in [7, 11) is 0. The van der Waals surface area contributed by atoms with Gasteiger partial charge in [-0.05, 0) is 42.5 Å². The number of rotatable bonds is 7. The molecule has 0 spiro atoms. The summed E-state index contributed by atoms with van der Waals surface area (Å²) in [5.74, 6) is 1.08. The van der Waals surface area contributed by atoms with E-state index in [2.05, 4.69) is 65.2 Å². The zero-order valence-corrected chi connectivity index (χ0v) is 33.1. The number of furan rings is 1. The van der Waals surface area contributed by atoms with E-state index >= 15 is 0 Å². The van der Waals surface area contributed by atoms with Gasteiger partial charge in [0.2, 0.25) is 0 Å². The Morgan fingerprint density at radius 3 is 1.24 bits per heavy atom. The third kappa shape index (κ3) is 6.09. The van der Waals surface area contributed by atoms with Crippen LogP contribution >= 0.6 is 0 Å². The minimum Gasteiger partial charge on any atom is -0.452 e. The number of fused-ring (bicyclic) bond motifs is 6. The van der Waals surface area contributed by atoms with Crippen LogP contribution < -0.4 is 0 Å². The highest BCUT2D eigenvalue weighted by Crippen LogP contribution is 2.39. The molecule has 0 saturated carbocycles. The molecule has 8 nitrogen and oxygen atoms in total. The van der Waals surface area contributed by atoms with Gasteiger partial charge in [-0.25, -0.2) is 29.9 Å². The van der Waals surface area contributed by atoms with Crippen molar-refractivity contribution < 1.29 is 4.42 Å². The number of benzene rings is 7. The molecule has 8 heteroatoms. The SMILES string of the molecule is c1ccc(-c2cc(-c3ccccc3)nc(-c3nc(-c4nc(-c5ccccc5)cc(-c5ccccc5)n4)c4oc5ccc(-n6c7ccccc7c7ccccc76)cc5c4n3)n2)cc1. The van der Waals surface area contributed by atoms with E-state index in [4.69, 9.17) is 34.3 Å². The van der Waals surface area contributed by atoms with E-state index in [0.29, 0.717) is 39.8 Å². The second-order valence-electron chi connectivity index (χ2n) is 15.1. The maximum absolute atomic E-state index is 6.80. The van der Waals surface area contributed by atoms with Crippen LogP contribution in [0.3, 0.4) is 0 Å². The zero-order chi connectivity index (χ0) is 41.0. The molecule has 0 saturated heterocycles. The van der Waals surface area contributed by atoms with Crippen LogP contribution in [-0.4, -0.2) is 34.5 Å². The number of hydrogen-bond donors (Lipinski definition) is 0. The van der Waals surface area contributed by atoms with Crippen LogP contribution in [0.1, 0.15) is 0 Å². The summed E-state index contributed by atoms with van der Waals surface area (Å²) in [5, 5.41) is 3.18. The van der Waals surface area contributed by atoms with Gasteiger partial charge < -0.3 is 8.98 Å². The average Bonchev–Trinajstić information content (AvgIpc) is 3.90. The third-order valence-corrected chi connectivity index (χ3v) is 11.3. The van der Waals surface area contributed by atoms with E-state index in [1.807, 2.05) is 140 Å². The van der Waals surface area contributed by atoms with Crippen molar-refractivity contribution >= 4 is 43.9 Å². The molecule has 0 N–H and O–H groups in total. The summed E-state index contributed by atoms with van der Waals surface area (Å²) < 4.78 is 9.09. The first-order valence-corrected chi connectivity index (χ1v) is 20.5. The van der Waals surface area contributed by atoms with Crippen LogP contribution in [0.5, 0.6) is 0 Å². The van der Waals surface area contributed by atoms with Crippen molar-refractivity contribution in [3.05, 3.63) is 200 Å². The first-order valence-electron chi connectivity index (χ1n) is 20.5. The lowest BCUT2D eigenvalue weighted by molar-refractivity contribution is 0.666. The fourth-order valence-corrected chi connectivity index (χ4v) is 8.35. The third-order valence-electron chi connectivity index (χ3n) is 11.3. The fourth-order valence-electron chi connectivity index (χ4n) is 8.35. The lowest BCUT2D eigenvalue weighted by atomic mass is 10.1. The van der Waals surface area contributed by atoms with Gasteiger partial charge in [0.15, 0.2) is 28.8 Å². The molecule has 5 aromatic heterocycles. The predicted octanol–water partition coefficient (Wildman–Crippen LogP) is 13.1. The van der Waals surface area contributed by atoms with E-state index in [1.165, 1.54) is 10.8 Å². The molecule has 0 aliphatic carbocycles. The van der Waals surface area contributed by atoms with E-state index in [9.17, 15) is 0 Å². The molecule has 0 aliphatic heterocycles. The summed E-state index contributed by atoms with van der Waals surface area (Å²) in [6.07, 6.45) is 0. The summed E-state index contributed by atoms with van der Waals surface area (Å²) in [6, 6.07) is 67.7. The lowest BCUT2D eigenvalue weighted by Gasteiger charge is -2.11. The molecule has 290 valence electrons. The van der Waals surface area contributed by atoms with Gasteiger partial charge >= 0.3 is 0 Å². The Morgan fingerprint density at radius 2 is 0.758 bits per heavy atom. The maximum Gasteiger partial charge on any atom is 0.199 e. The Morgan fingerprint density at radius 1 is 0.339 bits per heavy atom. The smallest absolute Gasteiger partial charge is 0.199 e.